The van der Waals surface area contributed by atoms with Crippen LogP contribution in [0.4, 0.5) is 0 Å². The van der Waals surface area contributed by atoms with Crippen molar-refractivity contribution in [3.63, 3.8) is 0 Å². The fourth-order valence-electron chi connectivity index (χ4n) is 1.02. The lowest BCUT2D eigenvalue weighted by atomic mass is 10.2. The molecule has 0 atom stereocenters. The van der Waals surface area contributed by atoms with E-state index in [4.69, 9.17) is 10.2 Å². The van der Waals surface area contributed by atoms with Crippen LogP contribution in [0.2, 0.25) is 0 Å². The standard InChI is InChI=1S/C12H8O13/c13-4(1-7(16)17)10(21)24-9(20)3-6(15)12(23)25-11(22)5(14)2-8(18)19/h1-3H2,(H,16,17)(H,18,19). The molecule has 0 aromatic rings. The normalized spacial score (nSPS) is 9.44. The van der Waals surface area contributed by atoms with Gasteiger partial charge in [0.1, 0.15) is 19.3 Å². The molecule has 0 saturated heterocycles. The van der Waals surface area contributed by atoms with Gasteiger partial charge in [0, 0.05) is 0 Å². The summed E-state index contributed by atoms with van der Waals surface area (Å²) in [6.45, 7) is 0. The molecule has 25 heavy (non-hydrogen) atoms. The summed E-state index contributed by atoms with van der Waals surface area (Å²) >= 11 is 0. The molecule has 0 saturated carbocycles. The van der Waals surface area contributed by atoms with E-state index < -0.39 is 72.4 Å². The predicted molar refractivity (Wildman–Crippen MR) is 66.3 cm³/mol. The van der Waals surface area contributed by atoms with Gasteiger partial charge < -0.3 is 19.7 Å². The van der Waals surface area contributed by atoms with E-state index in [0.29, 0.717) is 0 Å². The molecule has 0 aliphatic rings. The van der Waals surface area contributed by atoms with Crippen LogP contribution in [0.1, 0.15) is 19.3 Å². The third-order valence-electron chi connectivity index (χ3n) is 2.00. The van der Waals surface area contributed by atoms with Crippen molar-refractivity contribution in [2.24, 2.45) is 0 Å². The zero-order chi connectivity index (χ0) is 19.7. The second-order valence-corrected chi connectivity index (χ2v) is 4.03. The Morgan fingerprint density at radius 1 is 0.520 bits per heavy atom. The molecule has 0 radical (unpaired) electrons. The van der Waals surface area contributed by atoms with Crippen molar-refractivity contribution in [3.8, 4) is 0 Å². The third kappa shape index (κ3) is 8.44. The molecule has 0 aliphatic carbocycles. The largest absolute Gasteiger partial charge is 0.481 e. The lowest BCUT2D eigenvalue weighted by Gasteiger charge is -2.01. The number of carboxylic acid groups (broad SMARTS) is 2. The summed E-state index contributed by atoms with van der Waals surface area (Å²) in [5.74, 6) is -16.0. The van der Waals surface area contributed by atoms with Crippen molar-refractivity contribution in [3.05, 3.63) is 0 Å². The van der Waals surface area contributed by atoms with Crippen LogP contribution >= 0.6 is 0 Å². The molecule has 0 rings (SSSR count). The Bertz CT molecular complexity index is 683. The van der Waals surface area contributed by atoms with Crippen molar-refractivity contribution in [1.29, 1.82) is 0 Å². The highest BCUT2D eigenvalue weighted by Crippen LogP contribution is 1.97. The van der Waals surface area contributed by atoms with Crippen molar-refractivity contribution in [2.75, 3.05) is 0 Å². The van der Waals surface area contributed by atoms with Crippen LogP contribution in [0.5, 0.6) is 0 Å². The van der Waals surface area contributed by atoms with Crippen LogP contribution in [0.15, 0.2) is 0 Å². The fraction of sp³-hybridized carbons (Fsp3) is 0.250. The topological polar surface area (TPSA) is 213 Å². The first kappa shape index (κ1) is 21.2. The fourth-order valence-corrected chi connectivity index (χ4v) is 1.02. The minimum absolute atomic E-state index is 1.28. The molecular formula is C12H8O13. The van der Waals surface area contributed by atoms with Crippen LogP contribution in [-0.4, -0.2) is 63.4 Å². The van der Waals surface area contributed by atoms with E-state index in [2.05, 4.69) is 9.47 Å². The van der Waals surface area contributed by atoms with Crippen LogP contribution in [-0.2, 0) is 52.6 Å². The van der Waals surface area contributed by atoms with Crippen LogP contribution in [0.25, 0.3) is 0 Å². The number of ketones is 3. The smallest absolute Gasteiger partial charge is 0.383 e. The van der Waals surface area contributed by atoms with E-state index in [-0.39, 0.29) is 0 Å². The summed E-state index contributed by atoms with van der Waals surface area (Å²) < 4.78 is 7.49. The maximum Gasteiger partial charge on any atom is 0.383 e. The second kappa shape index (κ2) is 9.39. The SMILES string of the molecule is O=C(O)CC(=O)C(=O)OC(=O)CC(=O)C(=O)OC(=O)C(=O)CC(=O)O. The van der Waals surface area contributed by atoms with Gasteiger partial charge in [0.15, 0.2) is 0 Å². The van der Waals surface area contributed by atoms with E-state index in [1.165, 1.54) is 0 Å². The van der Waals surface area contributed by atoms with Gasteiger partial charge in [0.05, 0.1) is 0 Å². The molecule has 0 fully saturated rings. The lowest BCUT2D eigenvalue weighted by Crippen LogP contribution is -2.30. The molecule has 13 nitrogen and oxygen atoms in total. The van der Waals surface area contributed by atoms with Gasteiger partial charge in [-0.1, -0.05) is 0 Å². The number of hydrogen-bond donors (Lipinski definition) is 2. The summed E-state index contributed by atoms with van der Waals surface area (Å²) in [6.07, 6.45) is -4.05. The van der Waals surface area contributed by atoms with Crippen molar-refractivity contribution < 1.29 is 62.8 Å². The van der Waals surface area contributed by atoms with Crippen LogP contribution in [0, 0.1) is 0 Å². The highest BCUT2D eigenvalue weighted by molar-refractivity contribution is 6.45. The molecule has 134 valence electrons. The van der Waals surface area contributed by atoms with Gasteiger partial charge in [-0.3, -0.25) is 28.8 Å². The van der Waals surface area contributed by atoms with Crippen LogP contribution in [0.3, 0.4) is 0 Å². The number of carboxylic acids is 2. The highest BCUT2D eigenvalue weighted by Gasteiger charge is 2.29. The maximum atomic E-state index is 11.2. The maximum absolute atomic E-state index is 11.2. The average Bonchev–Trinajstić information content (AvgIpc) is 2.45. The molecule has 0 aromatic carbocycles. The molecule has 0 amide bonds. The van der Waals surface area contributed by atoms with E-state index in [1.807, 2.05) is 0 Å². The molecule has 0 unspecified atom stereocenters. The first-order valence-corrected chi connectivity index (χ1v) is 5.97. The van der Waals surface area contributed by atoms with Crippen molar-refractivity contribution in [1.82, 2.24) is 0 Å². The monoisotopic (exact) mass is 360 g/mol. The number of aliphatic carboxylic acids is 2. The summed E-state index contributed by atoms with van der Waals surface area (Å²) in [4.78, 5) is 97.5. The Hall–Kier alpha value is -3.77. The van der Waals surface area contributed by atoms with E-state index >= 15 is 0 Å². The molecule has 0 spiro atoms. The number of Topliss-reactive ketones (excluding diaryl/α,β-unsaturated/α-hetero) is 3. The van der Waals surface area contributed by atoms with Gasteiger partial charge >= 0.3 is 35.8 Å². The van der Waals surface area contributed by atoms with Crippen molar-refractivity contribution >= 4 is 53.2 Å². The number of carbonyl (C=O) groups excluding carboxylic acids is 7. The van der Waals surface area contributed by atoms with Gasteiger partial charge in [-0.2, -0.15) is 0 Å². The summed E-state index contributed by atoms with van der Waals surface area (Å²) in [5, 5.41) is 16.5. The number of rotatable bonds is 9. The zero-order valence-corrected chi connectivity index (χ0v) is 12.0. The van der Waals surface area contributed by atoms with E-state index in [9.17, 15) is 43.2 Å². The van der Waals surface area contributed by atoms with Gasteiger partial charge in [-0.25, -0.2) is 14.4 Å². The Balaban J connectivity index is 4.52. The lowest BCUT2D eigenvalue weighted by molar-refractivity contribution is -0.170. The molecule has 0 aromatic heterocycles. The number of esters is 4. The number of carbonyl (C=O) groups is 9. The molecule has 0 bridgehead atoms. The minimum atomic E-state index is -2.01. The summed E-state index contributed by atoms with van der Waals surface area (Å²) in [6, 6.07) is 0. The minimum Gasteiger partial charge on any atom is -0.481 e. The number of ether oxygens (including phenoxy) is 2. The van der Waals surface area contributed by atoms with Crippen molar-refractivity contribution in [2.45, 2.75) is 19.3 Å². The van der Waals surface area contributed by atoms with Gasteiger partial charge in [0.2, 0.25) is 0 Å². The Labute approximate surface area is 136 Å². The zero-order valence-electron chi connectivity index (χ0n) is 12.0. The second-order valence-electron chi connectivity index (χ2n) is 4.03. The van der Waals surface area contributed by atoms with Gasteiger partial charge in [-0.05, 0) is 0 Å². The van der Waals surface area contributed by atoms with Gasteiger partial charge in [-0.15, -0.1) is 0 Å². The molecule has 2 N–H and O–H groups in total. The molecule has 13 heteroatoms. The predicted octanol–water partition coefficient (Wildman–Crippen LogP) is -2.83. The molecule has 0 heterocycles. The quantitative estimate of drug-likeness (QED) is 0.241. The molecule has 0 aliphatic heterocycles. The number of hydrogen-bond acceptors (Lipinski definition) is 11. The third-order valence-corrected chi connectivity index (χ3v) is 2.00. The van der Waals surface area contributed by atoms with E-state index in [1.54, 1.807) is 0 Å². The Morgan fingerprint density at radius 2 is 0.840 bits per heavy atom. The summed E-state index contributed by atoms with van der Waals surface area (Å²) in [7, 11) is 0. The average molecular weight is 360 g/mol. The van der Waals surface area contributed by atoms with Gasteiger partial charge in [0.25, 0.3) is 17.3 Å². The van der Waals surface area contributed by atoms with Crippen LogP contribution < -0.4 is 0 Å². The first-order valence-electron chi connectivity index (χ1n) is 5.97. The first-order chi connectivity index (χ1) is 11.4. The van der Waals surface area contributed by atoms with E-state index in [0.717, 1.165) is 0 Å². The molecular weight excluding hydrogens is 352 g/mol. The highest BCUT2D eigenvalue weighted by atomic mass is 16.6. The Morgan fingerprint density at radius 3 is 1.20 bits per heavy atom. The summed E-state index contributed by atoms with van der Waals surface area (Å²) in [5.41, 5.74) is 0. The Kier molecular flexibility index (Phi) is 7.97.